The van der Waals surface area contributed by atoms with Gasteiger partial charge in [0.05, 0.1) is 25.0 Å². The zero-order valence-electron chi connectivity index (χ0n) is 11.9. The van der Waals surface area contributed by atoms with E-state index < -0.39 is 27.4 Å². The van der Waals surface area contributed by atoms with E-state index in [0.29, 0.717) is 6.42 Å². The van der Waals surface area contributed by atoms with Crippen molar-refractivity contribution in [1.82, 2.24) is 4.72 Å². The third kappa shape index (κ3) is 4.43. The molecule has 0 spiro atoms. The molecule has 0 aromatic heterocycles. The first kappa shape index (κ1) is 16.4. The van der Waals surface area contributed by atoms with Crippen LogP contribution in [0, 0.1) is 10.8 Å². The van der Waals surface area contributed by atoms with E-state index in [-0.39, 0.29) is 24.4 Å². The van der Waals surface area contributed by atoms with E-state index in [1.54, 1.807) is 0 Å². The average Bonchev–Trinajstić information content (AvgIpc) is 2.58. The van der Waals surface area contributed by atoms with Crippen molar-refractivity contribution in [1.29, 1.82) is 0 Å². The monoisotopic (exact) mass is 293 g/mol. The summed E-state index contributed by atoms with van der Waals surface area (Å²) in [6.45, 7) is 7.50. The molecule has 112 valence electrons. The van der Waals surface area contributed by atoms with Crippen LogP contribution in [0.1, 0.15) is 34.1 Å². The van der Waals surface area contributed by atoms with Gasteiger partial charge in [0.1, 0.15) is 5.41 Å². The maximum Gasteiger partial charge on any atom is 0.313 e. The molecule has 1 aliphatic heterocycles. The fourth-order valence-electron chi connectivity index (χ4n) is 1.76. The van der Waals surface area contributed by atoms with Crippen molar-refractivity contribution >= 4 is 16.0 Å². The first-order valence-electron chi connectivity index (χ1n) is 6.27. The van der Waals surface area contributed by atoms with Gasteiger partial charge in [0.15, 0.2) is 0 Å². The minimum absolute atomic E-state index is 0.0112. The molecule has 1 heterocycles. The Kier molecular flexibility index (Phi) is 4.64. The van der Waals surface area contributed by atoms with E-state index in [2.05, 4.69) is 4.72 Å². The summed E-state index contributed by atoms with van der Waals surface area (Å²) >= 11 is 0. The summed E-state index contributed by atoms with van der Waals surface area (Å²) in [6, 6.07) is -0.713. The molecule has 0 aromatic carbocycles. The predicted octanol–water partition coefficient (Wildman–Crippen LogP) is 0.832. The van der Waals surface area contributed by atoms with Gasteiger partial charge in [-0.2, -0.15) is 0 Å². The molecule has 1 rings (SSSR count). The van der Waals surface area contributed by atoms with Crippen LogP contribution >= 0.6 is 0 Å². The standard InChI is InChI=1S/C12H23NO5S/c1-11(2,3)5-6-19(16,17)13-9-7-18-8-12(9,4)10(14)15/h9,13H,5-8H2,1-4H3,(H,14,15). The SMILES string of the molecule is CC(C)(C)CCS(=O)(=O)NC1COCC1(C)C(=O)O. The number of hydrogen-bond donors (Lipinski definition) is 2. The number of rotatable bonds is 5. The Balaban J connectivity index is 2.71. The maximum absolute atomic E-state index is 12.0. The van der Waals surface area contributed by atoms with Crippen molar-refractivity contribution < 1.29 is 23.1 Å². The van der Waals surface area contributed by atoms with E-state index in [0.717, 1.165) is 0 Å². The average molecular weight is 293 g/mol. The van der Waals surface area contributed by atoms with Crippen LogP contribution in [0.4, 0.5) is 0 Å². The minimum atomic E-state index is -3.50. The van der Waals surface area contributed by atoms with Crippen molar-refractivity contribution in [3.05, 3.63) is 0 Å². The minimum Gasteiger partial charge on any atom is -0.481 e. The Hall–Kier alpha value is -0.660. The molecular formula is C12H23NO5S. The number of carboxylic acids is 1. The number of aliphatic carboxylic acids is 1. The summed E-state index contributed by atoms with van der Waals surface area (Å²) in [4.78, 5) is 11.2. The van der Waals surface area contributed by atoms with Gasteiger partial charge < -0.3 is 9.84 Å². The first-order valence-corrected chi connectivity index (χ1v) is 7.93. The molecule has 2 unspecified atom stereocenters. The molecule has 7 heteroatoms. The van der Waals surface area contributed by atoms with Crippen LogP contribution in [-0.2, 0) is 19.6 Å². The molecule has 0 aliphatic carbocycles. The molecule has 2 atom stereocenters. The molecule has 1 aliphatic rings. The number of ether oxygens (including phenoxy) is 1. The van der Waals surface area contributed by atoms with Gasteiger partial charge >= 0.3 is 5.97 Å². The predicted molar refractivity (Wildman–Crippen MR) is 71.3 cm³/mol. The highest BCUT2D eigenvalue weighted by atomic mass is 32.2. The van der Waals surface area contributed by atoms with Crippen molar-refractivity contribution in [2.24, 2.45) is 10.8 Å². The molecule has 0 aromatic rings. The molecule has 0 radical (unpaired) electrons. The molecule has 0 bridgehead atoms. The third-order valence-electron chi connectivity index (χ3n) is 3.39. The molecule has 1 saturated heterocycles. The van der Waals surface area contributed by atoms with Gasteiger partial charge in [0.2, 0.25) is 10.0 Å². The normalized spacial score (nSPS) is 28.5. The van der Waals surface area contributed by atoms with Crippen LogP contribution in [0.5, 0.6) is 0 Å². The number of sulfonamides is 1. The largest absolute Gasteiger partial charge is 0.481 e. The van der Waals surface area contributed by atoms with E-state index in [1.807, 2.05) is 20.8 Å². The Morgan fingerprint density at radius 2 is 2.05 bits per heavy atom. The molecule has 6 nitrogen and oxygen atoms in total. The van der Waals surface area contributed by atoms with E-state index >= 15 is 0 Å². The van der Waals surface area contributed by atoms with Crippen LogP contribution in [0.15, 0.2) is 0 Å². The first-order chi connectivity index (χ1) is 8.46. The summed E-state index contributed by atoms with van der Waals surface area (Å²) in [6.07, 6.45) is 0.514. The highest BCUT2D eigenvalue weighted by Gasteiger charge is 2.48. The van der Waals surface area contributed by atoms with Gasteiger partial charge in [0.25, 0.3) is 0 Å². The van der Waals surface area contributed by atoms with E-state index in [9.17, 15) is 18.3 Å². The van der Waals surface area contributed by atoms with E-state index in [1.165, 1.54) is 6.92 Å². The Morgan fingerprint density at radius 1 is 1.47 bits per heavy atom. The summed E-state index contributed by atoms with van der Waals surface area (Å²) in [5.41, 5.74) is -1.29. The lowest BCUT2D eigenvalue weighted by Gasteiger charge is -2.26. The van der Waals surface area contributed by atoms with Gasteiger partial charge in [-0.05, 0) is 18.8 Å². The lowest BCUT2D eigenvalue weighted by Crippen LogP contribution is -2.50. The number of carboxylic acid groups (broad SMARTS) is 1. The second-order valence-electron chi connectivity index (χ2n) is 6.54. The topological polar surface area (TPSA) is 92.7 Å². The summed E-state index contributed by atoms with van der Waals surface area (Å²) in [7, 11) is -3.50. The smallest absolute Gasteiger partial charge is 0.313 e. The third-order valence-corrected chi connectivity index (χ3v) is 4.77. The molecule has 19 heavy (non-hydrogen) atoms. The fraction of sp³-hybridized carbons (Fsp3) is 0.917. The zero-order chi connectivity index (χ0) is 14.9. The van der Waals surface area contributed by atoms with Crippen LogP contribution in [0.3, 0.4) is 0 Å². The van der Waals surface area contributed by atoms with Crippen LogP contribution in [0.2, 0.25) is 0 Å². The van der Waals surface area contributed by atoms with Gasteiger partial charge in [-0.15, -0.1) is 0 Å². The molecular weight excluding hydrogens is 270 g/mol. The van der Waals surface area contributed by atoms with Gasteiger partial charge in [-0.25, -0.2) is 13.1 Å². The van der Waals surface area contributed by atoms with E-state index in [4.69, 9.17) is 4.74 Å². The highest BCUT2D eigenvalue weighted by Crippen LogP contribution is 2.29. The number of carbonyl (C=O) groups is 1. The van der Waals surface area contributed by atoms with Gasteiger partial charge in [-0.3, -0.25) is 4.79 Å². The summed E-state index contributed by atoms with van der Waals surface area (Å²) in [5, 5.41) is 9.18. The van der Waals surface area contributed by atoms with Crippen LogP contribution in [0.25, 0.3) is 0 Å². The summed E-state index contributed by atoms with van der Waals surface area (Å²) < 4.78 is 31.6. The second-order valence-corrected chi connectivity index (χ2v) is 8.41. The van der Waals surface area contributed by atoms with Crippen molar-refractivity contribution in [2.45, 2.75) is 40.2 Å². The lowest BCUT2D eigenvalue weighted by atomic mass is 9.86. The fourth-order valence-corrected chi connectivity index (χ4v) is 3.52. The molecule has 1 fully saturated rings. The van der Waals surface area contributed by atoms with Crippen LogP contribution in [-0.4, -0.2) is 44.5 Å². The molecule has 2 N–H and O–H groups in total. The van der Waals surface area contributed by atoms with Crippen molar-refractivity contribution in [2.75, 3.05) is 19.0 Å². The van der Waals surface area contributed by atoms with Crippen molar-refractivity contribution in [3.8, 4) is 0 Å². The Bertz CT molecular complexity index is 440. The maximum atomic E-state index is 12.0. The zero-order valence-corrected chi connectivity index (χ0v) is 12.7. The second kappa shape index (κ2) is 5.38. The summed E-state index contributed by atoms with van der Waals surface area (Å²) in [5.74, 6) is -1.06. The quantitative estimate of drug-likeness (QED) is 0.783. The Morgan fingerprint density at radius 3 is 2.53 bits per heavy atom. The number of hydrogen-bond acceptors (Lipinski definition) is 4. The van der Waals surface area contributed by atoms with Gasteiger partial charge in [0, 0.05) is 0 Å². The van der Waals surface area contributed by atoms with Gasteiger partial charge in [-0.1, -0.05) is 20.8 Å². The lowest BCUT2D eigenvalue weighted by molar-refractivity contribution is -0.148. The Labute approximate surface area is 114 Å². The number of nitrogens with one attached hydrogen (secondary N) is 1. The van der Waals surface area contributed by atoms with Crippen LogP contribution < -0.4 is 4.72 Å². The molecule has 0 saturated carbocycles. The highest BCUT2D eigenvalue weighted by molar-refractivity contribution is 7.89. The molecule has 0 amide bonds. The van der Waals surface area contributed by atoms with Crippen molar-refractivity contribution in [3.63, 3.8) is 0 Å².